The zero-order chi connectivity index (χ0) is 24.7. The van der Waals surface area contributed by atoms with Crippen LogP contribution in [0.4, 0.5) is 18.0 Å². The fourth-order valence-electron chi connectivity index (χ4n) is 4.31. The number of hydrogen-bond acceptors (Lipinski definition) is 6. The van der Waals surface area contributed by atoms with Crippen molar-refractivity contribution in [1.29, 1.82) is 0 Å². The van der Waals surface area contributed by atoms with Gasteiger partial charge < -0.3 is 19.6 Å². The number of rotatable bonds is 4. The highest BCUT2D eigenvalue weighted by Gasteiger charge is 2.40. The van der Waals surface area contributed by atoms with Crippen molar-refractivity contribution < 1.29 is 32.6 Å². The van der Waals surface area contributed by atoms with Gasteiger partial charge in [0.1, 0.15) is 17.6 Å². The number of hydrogen-bond donors (Lipinski definition) is 2. The van der Waals surface area contributed by atoms with E-state index in [-0.39, 0.29) is 24.0 Å². The van der Waals surface area contributed by atoms with Gasteiger partial charge in [0.25, 0.3) is 5.91 Å². The zero-order valence-electron chi connectivity index (χ0n) is 18.2. The summed E-state index contributed by atoms with van der Waals surface area (Å²) in [6, 6.07) is 10.3. The van der Waals surface area contributed by atoms with E-state index in [1.807, 2.05) is 0 Å². The van der Waals surface area contributed by atoms with Gasteiger partial charge in [0.05, 0.1) is 0 Å². The minimum absolute atomic E-state index is 0.0208. The first-order chi connectivity index (χ1) is 16.7. The monoisotopic (exact) mass is 487 g/mol. The summed E-state index contributed by atoms with van der Waals surface area (Å²) < 4.78 is 43.5. The minimum atomic E-state index is -4.78. The second kappa shape index (κ2) is 8.69. The predicted molar refractivity (Wildman–Crippen MR) is 116 cm³/mol. The topological polar surface area (TPSA) is 112 Å². The van der Waals surface area contributed by atoms with Gasteiger partial charge >= 0.3 is 12.3 Å². The maximum Gasteiger partial charge on any atom is 0.418 e. The summed E-state index contributed by atoms with van der Waals surface area (Å²) in [4.78, 5) is 28.5. The fraction of sp³-hybridized carbons (Fsp3) is 0.304. The zero-order valence-corrected chi connectivity index (χ0v) is 18.2. The molecule has 1 aromatic heterocycles. The lowest BCUT2D eigenvalue weighted by atomic mass is 10.1. The molecule has 9 nitrogen and oxygen atoms in total. The van der Waals surface area contributed by atoms with E-state index in [0.29, 0.717) is 41.8 Å². The number of likely N-dealkylation sites (tertiary alicyclic amines) is 1. The SMILES string of the molecule is O=C(c1ccc2n[nH]nc2c1)N1C=C2CN(C(=O)OCc3cccc(C(O)C(F)(F)F)c3)CC2C1. The summed E-state index contributed by atoms with van der Waals surface area (Å²) in [5, 5.41) is 19.9. The van der Waals surface area contributed by atoms with Crippen molar-refractivity contribution in [3.8, 4) is 0 Å². The molecule has 2 aromatic carbocycles. The second-order valence-electron chi connectivity index (χ2n) is 8.51. The number of alkyl halides is 3. The number of aromatic amines is 1. The molecule has 35 heavy (non-hydrogen) atoms. The molecule has 3 heterocycles. The largest absolute Gasteiger partial charge is 0.445 e. The molecule has 182 valence electrons. The molecule has 1 fully saturated rings. The number of fused-ring (bicyclic) bond motifs is 2. The van der Waals surface area contributed by atoms with Crippen LogP contribution in [0.1, 0.15) is 27.6 Å². The van der Waals surface area contributed by atoms with Gasteiger partial charge in [-0.1, -0.05) is 18.2 Å². The molecule has 2 aliphatic heterocycles. The third-order valence-electron chi connectivity index (χ3n) is 6.10. The normalized spacial score (nSPS) is 18.5. The molecule has 2 atom stereocenters. The minimum Gasteiger partial charge on any atom is -0.445 e. The molecule has 0 radical (unpaired) electrons. The third-order valence-corrected chi connectivity index (χ3v) is 6.10. The summed E-state index contributed by atoms with van der Waals surface area (Å²) in [5.41, 5.74) is 2.68. The van der Waals surface area contributed by atoms with Crippen LogP contribution in [0, 0.1) is 5.92 Å². The number of nitrogens with one attached hydrogen (secondary N) is 1. The summed E-state index contributed by atoms with van der Waals surface area (Å²) >= 11 is 0. The van der Waals surface area contributed by atoms with Crippen LogP contribution in [0.15, 0.2) is 54.2 Å². The van der Waals surface area contributed by atoms with Crippen LogP contribution in [0.5, 0.6) is 0 Å². The third kappa shape index (κ3) is 4.56. The molecule has 1 saturated heterocycles. The highest BCUT2D eigenvalue weighted by molar-refractivity contribution is 5.98. The Labute approximate surface area is 196 Å². The molecule has 12 heteroatoms. The van der Waals surface area contributed by atoms with Gasteiger partial charge in [0, 0.05) is 37.3 Å². The Morgan fingerprint density at radius 1 is 1.14 bits per heavy atom. The van der Waals surface area contributed by atoms with Crippen LogP contribution in [-0.2, 0) is 11.3 Å². The number of amides is 2. The number of ether oxygens (including phenoxy) is 1. The standard InChI is InChI=1S/C23H20F3N5O4/c24-23(25,26)20(32)14-3-1-2-13(6-14)12-35-22(34)31-10-16-8-30(9-17(16)11-31)21(33)15-4-5-18-19(7-15)28-29-27-18/h1-8,17,20,32H,9-12H2,(H,27,28,29). The van der Waals surface area contributed by atoms with Crippen molar-refractivity contribution in [2.45, 2.75) is 18.9 Å². The molecule has 2 amide bonds. The molecule has 2 aliphatic rings. The number of carbonyl (C=O) groups excluding carboxylic acids is 2. The van der Waals surface area contributed by atoms with Gasteiger partial charge in [-0.25, -0.2) is 4.79 Å². The molecular formula is C23H20F3N5O4. The maximum absolute atomic E-state index is 12.9. The highest BCUT2D eigenvalue weighted by Crippen LogP contribution is 2.33. The van der Waals surface area contributed by atoms with Crippen molar-refractivity contribution in [1.82, 2.24) is 25.2 Å². The molecule has 0 spiro atoms. The van der Waals surface area contributed by atoms with Crippen molar-refractivity contribution in [2.24, 2.45) is 5.92 Å². The first-order valence-electron chi connectivity index (χ1n) is 10.8. The van der Waals surface area contributed by atoms with Crippen LogP contribution in [0.3, 0.4) is 0 Å². The van der Waals surface area contributed by atoms with E-state index < -0.39 is 18.4 Å². The number of carbonyl (C=O) groups is 2. The van der Waals surface area contributed by atoms with Crippen molar-refractivity contribution in [2.75, 3.05) is 19.6 Å². The van der Waals surface area contributed by atoms with Crippen molar-refractivity contribution >= 4 is 23.0 Å². The first-order valence-corrected chi connectivity index (χ1v) is 10.8. The molecule has 5 rings (SSSR count). The lowest BCUT2D eigenvalue weighted by molar-refractivity contribution is -0.206. The quantitative estimate of drug-likeness (QED) is 0.585. The number of nitrogens with zero attached hydrogens (tertiary/aromatic N) is 4. The number of H-pyrrole nitrogens is 1. The number of aliphatic hydroxyl groups is 1. The molecule has 2 N–H and O–H groups in total. The Balaban J connectivity index is 1.18. The Hall–Kier alpha value is -3.93. The van der Waals surface area contributed by atoms with Gasteiger partial charge in [-0.15, -0.1) is 0 Å². The van der Waals surface area contributed by atoms with E-state index in [9.17, 15) is 27.9 Å². The Kier molecular flexibility index (Phi) is 5.67. The van der Waals surface area contributed by atoms with Crippen LogP contribution >= 0.6 is 0 Å². The summed E-state index contributed by atoms with van der Waals surface area (Å²) in [7, 11) is 0. The first kappa shape index (κ1) is 22.8. The van der Waals surface area contributed by atoms with E-state index in [1.165, 1.54) is 17.0 Å². The molecule has 3 aromatic rings. The van der Waals surface area contributed by atoms with Crippen LogP contribution in [-0.4, -0.2) is 68.1 Å². The Morgan fingerprint density at radius 2 is 1.94 bits per heavy atom. The molecule has 0 bridgehead atoms. The van der Waals surface area contributed by atoms with Gasteiger partial charge in [-0.2, -0.15) is 28.6 Å². The van der Waals surface area contributed by atoms with E-state index in [4.69, 9.17) is 4.74 Å². The average Bonchev–Trinajstić information content (AvgIpc) is 3.55. The van der Waals surface area contributed by atoms with Gasteiger partial charge in [0.15, 0.2) is 6.10 Å². The lowest BCUT2D eigenvalue weighted by Gasteiger charge is -2.20. The highest BCUT2D eigenvalue weighted by atomic mass is 19.4. The average molecular weight is 487 g/mol. The van der Waals surface area contributed by atoms with Crippen LogP contribution < -0.4 is 0 Å². The fourth-order valence-corrected chi connectivity index (χ4v) is 4.31. The summed E-state index contributed by atoms with van der Waals surface area (Å²) in [6.07, 6.45) is -6.24. The Bertz CT molecular complexity index is 1320. The number of halogens is 3. The van der Waals surface area contributed by atoms with Gasteiger partial charge in [-0.05, 0) is 41.0 Å². The smallest absolute Gasteiger partial charge is 0.418 e. The molecule has 0 saturated carbocycles. The van der Waals surface area contributed by atoms with E-state index in [0.717, 1.165) is 17.7 Å². The van der Waals surface area contributed by atoms with Crippen LogP contribution in [0.25, 0.3) is 11.0 Å². The maximum atomic E-state index is 12.9. The second-order valence-corrected chi connectivity index (χ2v) is 8.51. The van der Waals surface area contributed by atoms with Gasteiger partial charge in [0.2, 0.25) is 0 Å². The van der Waals surface area contributed by atoms with Crippen molar-refractivity contribution in [3.63, 3.8) is 0 Å². The van der Waals surface area contributed by atoms with E-state index in [1.54, 1.807) is 29.3 Å². The number of aromatic nitrogens is 3. The van der Waals surface area contributed by atoms with E-state index >= 15 is 0 Å². The molecular weight excluding hydrogens is 467 g/mol. The summed E-state index contributed by atoms with van der Waals surface area (Å²) in [5.74, 6) is -0.195. The molecule has 0 aliphatic carbocycles. The lowest BCUT2D eigenvalue weighted by Crippen LogP contribution is -2.33. The predicted octanol–water partition coefficient (Wildman–Crippen LogP) is 3.16. The van der Waals surface area contributed by atoms with Gasteiger partial charge in [-0.3, -0.25) is 4.79 Å². The van der Waals surface area contributed by atoms with Crippen LogP contribution in [0.2, 0.25) is 0 Å². The van der Waals surface area contributed by atoms with E-state index in [2.05, 4.69) is 15.4 Å². The summed E-state index contributed by atoms with van der Waals surface area (Å²) in [6.45, 7) is 0.852. The molecule has 2 unspecified atom stereocenters. The number of benzene rings is 2. The van der Waals surface area contributed by atoms with Crippen molar-refractivity contribution in [3.05, 3.63) is 70.9 Å². The Morgan fingerprint density at radius 3 is 2.71 bits per heavy atom. The number of aliphatic hydroxyl groups excluding tert-OH is 1.